The van der Waals surface area contributed by atoms with Crippen molar-refractivity contribution < 1.29 is 5.11 Å². The highest BCUT2D eigenvalue weighted by Gasteiger charge is 2.04. The van der Waals surface area contributed by atoms with Crippen LogP contribution in [0.15, 0.2) is 37.1 Å². The summed E-state index contributed by atoms with van der Waals surface area (Å²) in [7, 11) is 0. The Labute approximate surface area is 78.9 Å². The molecular weight excluding hydrogens is 162 g/mol. The van der Waals surface area contributed by atoms with Gasteiger partial charge in [0.15, 0.2) is 0 Å². The van der Waals surface area contributed by atoms with Gasteiger partial charge < -0.3 is 5.11 Å². The fourth-order valence-electron chi connectivity index (χ4n) is 1.17. The lowest BCUT2D eigenvalue weighted by Crippen LogP contribution is -2.10. The number of hydrogen-bond acceptors (Lipinski definition) is 2. The Balaban J connectivity index is 2.36. The van der Waals surface area contributed by atoms with Gasteiger partial charge in [0.1, 0.15) is 0 Å². The molecule has 0 fully saturated rings. The highest BCUT2D eigenvalue weighted by Crippen LogP contribution is 2.04. The van der Waals surface area contributed by atoms with E-state index in [1.807, 2.05) is 24.3 Å². The molecule has 0 amide bonds. The van der Waals surface area contributed by atoms with Crippen LogP contribution in [0.5, 0.6) is 0 Å². The van der Waals surface area contributed by atoms with Crippen LogP contribution in [0.4, 0.5) is 0 Å². The lowest BCUT2D eigenvalue weighted by molar-refractivity contribution is 0.165. The maximum atomic E-state index is 9.55. The van der Waals surface area contributed by atoms with Gasteiger partial charge in [-0.25, -0.2) is 0 Å². The third-order valence-corrected chi connectivity index (χ3v) is 1.87. The molecule has 0 aliphatic carbocycles. The van der Waals surface area contributed by atoms with Crippen LogP contribution in [0.3, 0.4) is 0 Å². The van der Waals surface area contributed by atoms with Crippen LogP contribution < -0.4 is 0 Å². The molecule has 0 spiro atoms. The van der Waals surface area contributed by atoms with E-state index in [4.69, 9.17) is 0 Å². The molecular formula is C11H15NO. The van der Waals surface area contributed by atoms with Crippen LogP contribution >= 0.6 is 0 Å². The average molecular weight is 177 g/mol. The quantitative estimate of drug-likeness (QED) is 0.697. The van der Waals surface area contributed by atoms with Crippen molar-refractivity contribution in [3.05, 3.63) is 42.7 Å². The number of rotatable bonds is 5. The van der Waals surface area contributed by atoms with Crippen molar-refractivity contribution in [2.75, 3.05) is 0 Å². The lowest BCUT2D eigenvalue weighted by atomic mass is 10.1. The van der Waals surface area contributed by atoms with Crippen LogP contribution in [-0.4, -0.2) is 16.2 Å². The second-order valence-corrected chi connectivity index (χ2v) is 3.05. The van der Waals surface area contributed by atoms with Crippen molar-refractivity contribution in [3.63, 3.8) is 0 Å². The molecule has 0 aromatic carbocycles. The van der Waals surface area contributed by atoms with Crippen LogP contribution in [-0.2, 0) is 6.42 Å². The summed E-state index contributed by atoms with van der Waals surface area (Å²) in [6.07, 6.45) is 5.52. The van der Waals surface area contributed by atoms with Crippen LogP contribution in [0.1, 0.15) is 18.5 Å². The zero-order valence-corrected chi connectivity index (χ0v) is 7.69. The summed E-state index contributed by atoms with van der Waals surface area (Å²) in [4.78, 5) is 4.14. The van der Waals surface area contributed by atoms with E-state index in [0.29, 0.717) is 6.42 Å². The zero-order chi connectivity index (χ0) is 9.52. The summed E-state index contributed by atoms with van der Waals surface area (Å²) in [5.74, 6) is 0. The Kier molecular flexibility index (Phi) is 4.19. The predicted molar refractivity (Wildman–Crippen MR) is 53.4 cm³/mol. The van der Waals surface area contributed by atoms with Gasteiger partial charge in [0, 0.05) is 18.3 Å². The van der Waals surface area contributed by atoms with Crippen molar-refractivity contribution in [1.82, 2.24) is 4.98 Å². The van der Waals surface area contributed by atoms with Gasteiger partial charge in [-0.3, -0.25) is 4.98 Å². The van der Waals surface area contributed by atoms with E-state index in [1.54, 1.807) is 6.20 Å². The predicted octanol–water partition coefficient (Wildman–Crippen LogP) is 1.95. The molecule has 1 unspecified atom stereocenters. The minimum Gasteiger partial charge on any atom is -0.393 e. The molecule has 70 valence electrons. The molecule has 0 saturated heterocycles. The molecule has 1 atom stereocenters. The van der Waals surface area contributed by atoms with Gasteiger partial charge in [0.25, 0.3) is 0 Å². The largest absolute Gasteiger partial charge is 0.393 e. The summed E-state index contributed by atoms with van der Waals surface area (Å²) < 4.78 is 0. The lowest BCUT2D eigenvalue weighted by Gasteiger charge is -2.07. The van der Waals surface area contributed by atoms with Crippen LogP contribution in [0, 0.1) is 0 Å². The smallest absolute Gasteiger partial charge is 0.0598 e. The van der Waals surface area contributed by atoms with Gasteiger partial charge in [-0.05, 0) is 25.0 Å². The maximum absolute atomic E-state index is 9.55. The SMILES string of the molecule is C=CCCC(O)Cc1ccccn1. The number of aliphatic hydroxyl groups is 1. The van der Waals surface area contributed by atoms with Gasteiger partial charge in [0.2, 0.25) is 0 Å². The first-order chi connectivity index (χ1) is 6.33. The third kappa shape index (κ3) is 3.85. The van der Waals surface area contributed by atoms with Crippen LogP contribution in [0.2, 0.25) is 0 Å². The van der Waals surface area contributed by atoms with Gasteiger partial charge in [-0.15, -0.1) is 6.58 Å². The molecule has 0 aliphatic heterocycles. The van der Waals surface area contributed by atoms with Crippen molar-refractivity contribution in [1.29, 1.82) is 0 Å². The van der Waals surface area contributed by atoms with Gasteiger partial charge in [-0.1, -0.05) is 12.1 Å². The second-order valence-electron chi connectivity index (χ2n) is 3.05. The van der Waals surface area contributed by atoms with E-state index >= 15 is 0 Å². The highest BCUT2D eigenvalue weighted by molar-refractivity contribution is 5.04. The fraction of sp³-hybridized carbons (Fsp3) is 0.364. The number of aromatic nitrogens is 1. The molecule has 1 N–H and O–H groups in total. The maximum Gasteiger partial charge on any atom is 0.0598 e. The molecule has 2 heteroatoms. The van der Waals surface area contributed by atoms with E-state index in [2.05, 4.69) is 11.6 Å². The van der Waals surface area contributed by atoms with Gasteiger partial charge in [-0.2, -0.15) is 0 Å². The average Bonchev–Trinajstić information content (AvgIpc) is 2.16. The summed E-state index contributed by atoms with van der Waals surface area (Å²) >= 11 is 0. The molecule has 1 heterocycles. The zero-order valence-electron chi connectivity index (χ0n) is 7.69. The molecule has 0 saturated carbocycles. The van der Waals surface area contributed by atoms with Gasteiger partial charge >= 0.3 is 0 Å². The monoisotopic (exact) mass is 177 g/mol. The van der Waals surface area contributed by atoms with Crippen molar-refractivity contribution >= 4 is 0 Å². The molecule has 1 aromatic heterocycles. The summed E-state index contributed by atoms with van der Waals surface area (Å²) in [5.41, 5.74) is 0.944. The first kappa shape index (κ1) is 9.93. The van der Waals surface area contributed by atoms with E-state index in [0.717, 1.165) is 18.5 Å². The molecule has 1 aromatic rings. The Morgan fingerprint density at radius 3 is 3.00 bits per heavy atom. The highest BCUT2D eigenvalue weighted by atomic mass is 16.3. The Bertz CT molecular complexity index is 246. The summed E-state index contributed by atoms with van der Waals surface area (Å²) in [5, 5.41) is 9.55. The third-order valence-electron chi connectivity index (χ3n) is 1.87. The van der Waals surface area contributed by atoms with Gasteiger partial charge in [0.05, 0.1) is 6.10 Å². The molecule has 2 nitrogen and oxygen atoms in total. The molecule has 0 aliphatic rings. The minimum atomic E-state index is -0.298. The Morgan fingerprint density at radius 2 is 2.38 bits per heavy atom. The first-order valence-corrected chi connectivity index (χ1v) is 4.52. The van der Waals surface area contributed by atoms with Crippen LogP contribution in [0.25, 0.3) is 0 Å². The standard InChI is InChI=1S/C11H15NO/c1-2-3-7-11(13)9-10-6-4-5-8-12-10/h2,4-6,8,11,13H,1,3,7,9H2. The number of aliphatic hydroxyl groups excluding tert-OH is 1. The fourth-order valence-corrected chi connectivity index (χ4v) is 1.17. The summed E-state index contributed by atoms with van der Waals surface area (Å²) in [6.45, 7) is 3.61. The van der Waals surface area contributed by atoms with E-state index in [9.17, 15) is 5.11 Å². The summed E-state index contributed by atoms with van der Waals surface area (Å²) in [6, 6.07) is 5.74. The van der Waals surface area contributed by atoms with Crippen molar-refractivity contribution in [2.45, 2.75) is 25.4 Å². The van der Waals surface area contributed by atoms with E-state index < -0.39 is 0 Å². The number of pyridine rings is 1. The molecule has 0 radical (unpaired) electrons. The minimum absolute atomic E-state index is 0.298. The topological polar surface area (TPSA) is 33.1 Å². The number of hydrogen-bond donors (Lipinski definition) is 1. The van der Waals surface area contributed by atoms with Crippen molar-refractivity contribution in [2.24, 2.45) is 0 Å². The van der Waals surface area contributed by atoms with E-state index in [1.165, 1.54) is 0 Å². The number of allylic oxidation sites excluding steroid dienone is 1. The van der Waals surface area contributed by atoms with Crippen molar-refractivity contribution in [3.8, 4) is 0 Å². The molecule has 1 rings (SSSR count). The molecule has 13 heavy (non-hydrogen) atoms. The number of nitrogens with zero attached hydrogens (tertiary/aromatic N) is 1. The Hall–Kier alpha value is -1.15. The Morgan fingerprint density at radius 1 is 1.54 bits per heavy atom. The molecule has 0 bridgehead atoms. The second kappa shape index (κ2) is 5.49. The van der Waals surface area contributed by atoms with E-state index in [-0.39, 0.29) is 6.10 Å². The normalized spacial score (nSPS) is 12.4. The first-order valence-electron chi connectivity index (χ1n) is 4.52.